The topological polar surface area (TPSA) is 81.0 Å². The minimum absolute atomic E-state index is 0.317. The Morgan fingerprint density at radius 3 is 2.68 bits per heavy atom. The minimum atomic E-state index is -0.486. The standard InChI is InChI=1S/C14H13N3O2/c1-17-12(14(18)19-2)7-9(8-15)13(17)10-5-3-4-6-11(10)16/h3-7H,16H2,1-2H3. The van der Waals surface area contributed by atoms with Gasteiger partial charge in [-0.2, -0.15) is 5.26 Å². The van der Waals surface area contributed by atoms with E-state index in [2.05, 4.69) is 6.07 Å². The zero-order chi connectivity index (χ0) is 14.0. The first-order valence-corrected chi connectivity index (χ1v) is 5.63. The van der Waals surface area contributed by atoms with Gasteiger partial charge in [-0.1, -0.05) is 18.2 Å². The van der Waals surface area contributed by atoms with E-state index in [4.69, 9.17) is 10.5 Å². The predicted octanol–water partition coefficient (Wildman–Crippen LogP) is 1.93. The lowest BCUT2D eigenvalue weighted by Crippen LogP contribution is -2.08. The highest BCUT2D eigenvalue weighted by Gasteiger charge is 2.20. The number of carbonyl (C=O) groups excluding carboxylic acids is 1. The summed E-state index contributed by atoms with van der Waals surface area (Å²) in [6, 6.07) is 10.8. The van der Waals surface area contributed by atoms with Crippen LogP contribution in [0.2, 0.25) is 0 Å². The van der Waals surface area contributed by atoms with Gasteiger partial charge < -0.3 is 15.0 Å². The fourth-order valence-electron chi connectivity index (χ4n) is 2.03. The number of anilines is 1. The molecule has 1 heterocycles. The summed E-state index contributed by atoms with van der Waals surface area (Å²) in [5, 5.41) is 9.21. The number of para-hydroxylation sites is 1. The second-order valence-electron chi connectivity index (χ2n) is 4.04. The molecule has 0 amide bonds. The number of carbonyl (C=O) groups is 1. The van der Waals surface area contributed by atoms with Crippen LogP contribution < -0.4 is 5.73 Å². The highest BCUT2D eigenvalue weighted by molar-refractivity contribution is 5.91. The van der Waals surface area contributed by atoms with Crippen molar-refractivity contribution in [2.75, 3.05) is 12.8 Å². The molecule has 2 aromatic rings. The number of aromatic nitrogens is 1. The second-order valence-corrected chi connectivity index (χ2v) is 4.04. The van der Waals surface area contributed by atoms with E-state index in [1.807, 2.05) is 18.2 Å². The number of methoxy groups -OCH3 is 1. The SMILES string of the molecule is COC(=O)c1cc(C#N)c(-c2ccccc2N)n1C. The van der Waals surface area contributed by atoms with Crippen molar-refractivity contribution in [3.8, 4) is 17.3 Å². The molecular weight excluding hydrogens is 242 g/mol. The van der Waals surface area contributed by atoms with Crippen molar-refractivity contribution in [1.82, 2.24) is 4.57 Å². The van der Waals surface area contributed by atoms with Gasteiger partial charge in [-0.05, 0) is 12.1 Å². The van der Waals surface area contributed by atoms with Gasteiger partial charge in [0.2, 0.25) is 0 Å². The fourth-order valence-corrected chi connectivity index (χ4v) is 2.03. The van der Waals surface area contributed by atoms with Crippen LogP contribution in [0.5, 0.6) is 0 Å². The summed E-state index contributed by atoms with van der Waals surface area (Å²) in [6.45, 7) is 0. The molecule has 0 atom stereocenters. The third kappa shape index (κ3) is 2.04. The normalized spacial score (nSPS) is 9.95. The monoisotopic (exact) mass is 255 g/mol. The van der Waals surface area contributed by atoms with Crippen molar-refractivity contribution in [2.24, 2.45) is 7.05 Å². The van der Waals surface area contributed by atoms with E-state index in [9.17, 15) is 10.1 Å². The summed E-state index contributed by atoms with van der Waals surface area (Å²) in [5.41, 5.74) is 8.51. The van der Waals surface area contributed by atoms with Crippen molar-refractivity contribution in [3.63, 3.8) is 0 Å². The molecule has 0 unspecified atom stereocenters. The van der Waals surface area contributed by atoms with Gasteiger partial charge in [-0.15, -0.1) is 0 Å². The Hall–Kier alpha value is -2.74. The highest BCUT2D eigenvalue weighted by Crippen LogP contribution is 2.30. The van der Waals surface area contributed by atoms with E-state index in [0.717, 1.165) is 5.56 Å². The first kappa shape index (κ1) is 12.7. The fraction of sp³-hybridized carbons (Fsp3) is 0.143. The van der Waals surface area contributed by atoms with Gasteiger partial charge in [-0.3, -0.25) is 0 Å². The Balaban J connectivity index is 2.71. The van der Waals surface area contributed by atoms with E-state index in [1.165, 1.54) is 13.2 Å². The van der Waals surface area contributed by atoms with Crippen molar-refractivity contribution in [3.05, 3.63) is 41.6 Å². The number of nitrogens with zero attached hydrogens (tertiary/aromatic N) is 2. The van der Waals surface area contributed by atoms with E-state index < -0.39 is 5.97 Å². The van der Waals surface area contributed by atoms with Crippen molar-refractivity contribution in [2.45, 2.75) is 0 Å². The molecule has 0 aliphatic heterocycles. The van der Waals surface area contributed by atoms with Gasteiger partial charge >= 0.3 is 5.97 Å². The molecule has 0 radical (unpaired) electrons. The third-order valence-electron chi connectivity index (χ3n) is 2.96. The van der Waals surface area contributed by atoms with Crippen LogP contribution in [0.15, 0.2) is 30.3 Å². The van der Waals surface area contributed by atoms with Gasteiger partial charge in [-0.25, -0.2) is 4.79 Å². The van der Waals surface area contributed by atoms with Crippen LogP contribution in [0, 0.1) is 11.3 Å². The van der Waals surface area contributed by atoms with Crippen LogP contribution in [-0.4, -0.2) is 17.6 Å². The molecule has 19 heavy (non-hydrogen) atoms. The molecule has 0 aliphatic rings. The lowest BCUT2D eigenvalue weighted by Gasteiger charge is -2.09. The average Bonchev–Trinajstić information content (AvgIpc) is 2.75. The maximum absolute atomic E-state index is 11.6. The van der Waals surface area contributed by atoms with Crippen LogP contribution in [0.4, 0.5) is 5.69 Å². The lowest BCUT2D eigenvalue weighted by molar-refractivity contribution is 0.0590. The zero-order valence-corrected chi connectivity index (χ0v) is 10.7. The molecular formula is C14H13N3O2. The zero-order valence-electron chi connectivity index (χ0n) is 10.7. The molecule has 0 saturated heterocycles. The quantitative estimate of drug-likeness (QED) is 0.656. The molecule has 0 aliphatic carbocycles. The van der Waals surface area contributed by atoms with Gasteiger partial charge in [0.25, 0.3) is 0 Å². The average molecular weight is 255 g/mol. The lowest BCUT2D eigenvalue weighted by atomic mass is 10.1. The summed E-state index contributed by atoms with van der Waals surface area (Å²) < 4.78 is 6.32. The number of nitrogen functional groups attached to an aromatic ring is 1. The number of rotatable bonds is 2. The van der Waals surface area contributed by atoms with Crippen molar-refractivity contribution >= 4 is 11.7 Å². The summed E-state index contributed by atoms with van der Waals surface area (Å²) >= 11 is 0. The smallest absolute Gasteiger partial charge is 0.354 e. The van der Waals surface area contributed by atoms with Crippen LogP contribution >= 0.6 is 0 Å². The van der Waals surface area contributed by atoms with Crippen LogP contribution in [0.3, 0.4) is 0 Å². The Bertz CT molecular complexity index is 680. The Morgan fingerprint density at radius 2 is 2.11 bits per heavy atom. The molecule has 1 aromatic heterocycles. The number of hydrogen-bond donors (Lipinski definition) is 1. The van der Waals surface area contributed by atoms with Gasteiger partial charge in [0.1, 0.15) is 11.8 Å². The number of esters is 1. The molecule has 1 aromatic carbocycles. The van der Waals surface area contributed by atoms with Crippen molar-refractivity contribution in [1.29, 1.82) is 5.26 Å². The molecule has 0 fully saturated rings. The summed E-state index contributed by atoms with van der Waals surface area (Å²) in [7, 11) is 3.01. The minimum Gasteiger partial charge on any atom is -0.464 e. The van der Waals surface area contributed by atoms with E-state index in [1.54, 1.807) is 17.7 Å². The van der Waals surface area contributed by atoms with Gasteiger partial charge in [0.15, 0.2) is 0 Å². The second kappa shape index (κ2) is 4.86. The number of hydrogen-bond acceptors (Lipinski definition) is 4. The molecule has 2 rings (SSSR count). The van der Waals surface area contributed by atoms with Crippen LogP contribution in [-0.2, 0) is 11.8 Å². The number of ether oxygens (including phenoxy) is 1. The number of benzene rings is 1. The Morgan fingerprint density at radius 1 is 1.42 bits per heavy atom. The molecule has 5 heteroatoms. The van der Waals surface area contributed by atoms with Gasteiger partial charge in [0, 0.05) is 18.3 Å². The highest BCUT2D eigenvalue weighted by atomic mass is 16.5. The molecule has 0 saturated carbocycles. The third-order valence-corrected chi connectivity index (χ3v) is 2.96. The molecule has 2 N–H and O–H groups in total. The summed E-state index contributed by atoms with van der Waals surface area (Å²) in [6.07, 6.45) is 0. The largest absolute Gasteiger partial charge is 0.464 e. The molecule has 0 spiro atoms. The summed E-state index contributed by atoms with van der Waals surface area (Å²) in [4.78, 5) is 11.6. The Kier molecular flexibility index (Phi) is 3.25. The van der Waals surface area contributed by atoms with Crippen LogP contribution in [0.1, 0.15) is 16.1 Å². The first-order valence-electron chi connectivity index (χ1n) is 5.63. The maximum Gasteiger partial charge on any atom is 0.354 e. The van der Waals surface area contributed by atoms with E-state index in [-0.39, 0.29) is 0 Å². The van der Waals surface area contributed by atoms with Gasteiger partial charge in [0.05, 0.1) is 18.4 Å². The maximum atomic E-state index is 11.6. The van der Waals surface area contributed by atoms with Crippen LogP contribution in [0.25, 0.3) is 11.3 Å². The molecule has 5 nitrogen and oxygen atoms in total. The Labute approximate surface area is 110 Å². The molecule has 96 valence electrons. The first-order chi connectivity index (χ1) is 9.10. The van der Waals surface area contributed by atoms with Crippen molar-refractivity contribution < 1.29 is 9.53 Å². The van der Waals surface area contributed by atoms with E-state index >= 15 is 0 Å². The number of nitrogens with two attached hydrogens (primary N) is 1. The predicted molar refractivity (Wildman–Crippen MR) is 71.3 cm³/mol. The van der Waals surface area contributed by atoms with E-state index in [0.29, 0.717) is 22.6 Å². The number of nitriles is 1. The molecule has 0 bridgehead atoms. The summed E-state index contributed by atoms with van der Waals surface area (Å²) in [5.74, 6) is -0.486.